The highest BCUT2D eigenvalue weighted by molar-refractivity contribution is 5.88. The van der Waals surface area contributed by atoms with Gasteiger partial charge in [0.15, 0.2) is 0 Å². The largest absolute Gasteiger partial charge is 0.492 e. The number of piperidine rings is 1. The fourth-order valence-electron chi connectivity index (χ4n) is 2.30. The minimum absolute atomic E-state index is 0. The third kappa shape index (κ3) is 5.02. The number of carboxylic acids is 1. The minimum atomic E-state index is -0.921. The fraction of sp³-hybridized carbons (Fsp3) is 0.533. The van der Waals surface area contributed by atoms with Gasteiger partial charge in [0, 0.05) is 6.54 Å². The minimum Gasteiger partial charge on any atom is -0.492 e. The Kier molecular flexibility index (Phi) is 6.82. The number of benzene rings is 1. The predicted molar refractivity (Wildman–Crippen MR) is 81.0 cm³/mol. The zero-order valence-electron chi connectivity index (χ0n) is 11.7. The molecule has 4 nitrogen and oxygen atoms in total. The molecule has 0 atom stereocenters. The van der Waals surface area contributed by atoms with Gasteiger partial charge in [-0.2, -0.15) is 0 Å². The first-order chi connectivity index (χ1) is 9.15. The van der Waals surface area contributed by atoms with Crippen LogP contribution < -0.4 is 4.74 Å². The number of hydrogen-bond acceptors (Lipinski definition) is 3. The molecule has 0 amide bonds. The summed E-state index contributed by atoms with van der Waals surface area (Å²) < 4.78 is 5.62. The second-order valence-corrected chi connectivity index (χ2v) is 5.21. The van der Waals surface area contributed by atoms with Crippen LogP contribution in [0.4, 0.5) is 0 Å². The Labute approximate surface area is 126 Å². The lowest BCUT2D eigenvalue weighted by atomic mass is 9.99. The van der Waals surface area contributed by atoms with Crippen molar-refractivity contribution < 1.29 is 14.6 Å². The summed E-state index contributed by atoms with van der Waals surface area (Å²) in [4.78, 5) is 13.2. The zero-order valence-corrected chi connectivity index (χ0v) is 12.6. The maximum atomic E-state index is 10.8. The molecule has 1 aromatic rings. The highest BCUT2D eigenvalue weighted by Gasteiger charge is 2.15. The van der Waals surface area contributed by atoms with Gasteiger partial charge < -0.3 is 9.84 Å². The van der Waals surface area contributed by atoms with Crippen LogP contribution >= 0.6 is 12.4 Å². The second kappa shape index (κ2) is 8.12. The third-order valence-corrected chi connectivity index (χ3v) is 3.63. The molecule has 1 aliphatic rings. The first kappa shape index (κ1) is 16.8. The molecule has 1 heterocycles. The standard InChI is InChI=1S/C15H21NO3.ClH/c1-12-5-7-16(8-6-12)9-10-19-14-4-2-3-13(11-14)15(17)18;/h2-4,11-12H,5-10H2,1H3,(H,17,18);1H. The van der Waals surface area contributed by atoms with Gasteiger partial charge in [0.05, 0.1) is 5.56 Å². The van der Waals surface area contributed by atoms with Crippen LogP contribution in [0.25, 0.3) is 0 Å². The number of aromatic carboxylic acids is 1. The first-order valence-electron chi connectivity index (χ1n) is 6.83. The van der Waals surface area contributed by atoms with Gasteiger partial charge in [-0.15, -0.1) is 12.4 Å². The van der Waals surface area contributed by atoms with Crippen molar-refractivity contribution in [2.45, 2.75) is 19.8 Å². The van der Waals surface area contributed by atoms with Crippen molar-refractivity contribution >= 4 is 18.4 Å². The first-order valence-corrected chi connectivity index (χ1v) is 6.83. The average Bonchev–Trinajstić information content (AvgIpc) is 2.41. The molecule has 20 heavy (non-hydrogen) atoms. The number of hydrogen-bond donors (Lipinski definition) is 1. The third-order valence-electron chi connectivity index (χ3n) is 3.63. The van der Waals surface area contributed by atoms with Crippen LogP contribution in [0.15, 0.2) is 24.3 Å². The van der Waals surface area contributed by atoms with E-state index in [1.54, 1.807) is 24.3 Å². The number of rotatable bonds is 5. The van der Waals surface area contributed by atoms with Gasteiger partial charge in [0.25, 0.3) is 0 Å². The summed E-state index contributed by atoms with van der Waals surface area (Å²) in [7, 11) is 0. The summed E-state index contributed by atoms with van der Waals surface area (Å²) >= 11 is 0. The van der Waals surface area contributed by atoms with Crippen molar-refractivity contribution in [2.75, 3.05) is 26.2 Å². The lowest BCUT2D eigenvalue weighted by Gasteiger charge is -2.29. The Hall–Kier alpha value is -1.26. The molecule has 0 bridgehead atoms. The highest BCUT2D eigenvalue weighted by atomic mass is 35.5. The van der Waals surface area contributed by atoms with Crippen LogP contribution in [0.5, 0.6) is 5.75 Å². The van der Waals surface area contributed by atoms with E-state index in [-0.39, 0.29) is 18.0 Å². The zero-order chi connectivity index (χ0) is 13.7. The Morgan fingerprint density at radius 3 is 2.75 bits per heavy atom. The molecular weight excluding hydrogens is 278 g/mol. The number of nitrogens with zero attached hydrogens (tertiary/aromatic N) is 1. The summed E-state index contributed by atoms with van der Waals surface area (Å²) in [5, 5.41) is 8.90. The molecule has 0 aliphatic carbocycles. The maximum Gasteiger partial charge on any atom is 0.335 e. The molecule has 0 radical (unpaired) electrons. The van der Waals surface area contributed by atoms with Crippen LogP contribution in [0, 0.1) is 5.92 Å². The van der Waals surface area contributed by atoms with Crippen molar-refractivity contribution in [3.8, 4) is 5.75 Å². The van der Waals surface area contributed by atoms with Crippen LogP contribution in [-0.4, -0.2) is 42.2 Å². The van der Waals surface area contributed by atoms with E-state index in [4.69, 9.17) is 9.84 Å². The summed E-state index contributed by atoms with van der Waals surface area (Å²) in [6.07, 6.45) is 2.52. The normalized spacial score (nSPS) is 16.4. The number of carboxylic acid groups (broad SMARTS) is 1. The van der Waals surface area contributed by atoms with Gasteiger partial charge in [-0.05, 0) is 50.0 Å². The molecule has 2 rings (SSSR count). The van der Waals surface area contributed by atoms with Crippen molar-refractivity contribution in [1.82, 2.24) is 4.90 Å². The van der Waals surface area contributed by atoms with Crippen LogP contribution in [0.3, 0.4) is 0 Å². The van der Waals surface area contributed by atoms with Gasteiger partial charge in [-0.1, -0.05) is 13.0 Å². The van der Waals surface area contributed by atoms with Crippen LogP contribution in [0.2, 0.25) is 0 Å². The molecule has 0 aromatic heterocycles. The van der Waals surface area contributed by atoms with E-state index >= 15 is 0 Å². The molecule has 1 aliphatic heterocycles. The van der Waals surface area contributed by atoms with Gasteiger partial charge >= 0.3 is 5.97 Å². The second-order valence-electron chi connectivity index (χ2n) is 5.21. The van der Waals surface area contributed by atoms with Gasteiger partial charge in [0.2, 0.25) is 0 Å². The molecule has 1 aromatic carbocycles. The molecule has 0 spiro atoms. The number of ether oxygens (including phenoxy) is 1. The Bertz CT molecular complexity index is 431. The van der Waals surface area contributed by atoms with Crippen molar-refractivity contribution in [1.29, 1.82) is 0 Å². The summed E-state index contributed by atoms with van der Waals surface area (Å²) in [6.45, 7) is 6.09. The number of halogens is 1. The van der Waals surface area contributed by atoms with E-state index in [2.05, 4.69) is 11.8 Å². The average molecular weight is 300 g/mol. The molecular formula is C15H22ClNO3. The van der Waals surface area contributed by atoms with Gasteiger partial charge in [0.1, 0.15) is 12.4 Å². The SMILES string of the molecule is CC1CCN(CCOc2cccc(C(=O)O)c2)CC1.Cl. The molecule has 5 heteroatoms. The van der Waals surface area contributed by atoms with E-state index in [0.29, 0.717) is 12.4 Å². The lowest BCUT2D eigenvalue weighted by Crippen LogP contribution is -2.35. The van der Waals surface area contributed by atoms with Crippen molar-refractivity contribution in [2.24, 2.45) is 5.92 Å². The molecule has 0 saturated carbocycles. The molecule has 1 saturated heterocycles. The molecule has 0 unspecified atom stereocenters. The topological polar surface area (TPSA) is 49.8 Å². The number of likely N-dealkylation sites (tertiary alicyclic amines) is 1. The van der Waals surface area contributed by atoms with E-state index < -0.39 is 5.97 Å². The molecule has 1 N–H and O–H groups in total. The Balaban J connectivity index is 0.00000200. The smallest absolute Gasteiger partial charge is 0.335 e. The van der Waals surface area contributed by atoms with E-state index in [9.17, 15) is 4.79 Å². The van der Waals surface area contributed by atoms with Crippen molar-refractivity contribution in [3.05, 3.63) is 29.8 Å². The Morgan fingerprint density at radius 1 is 1.40 bits per heavy atom. The summed E-state index contributed by atoms with van der Waals surface area (Å²) in [5.74, 6) is 0.546. The van der Waals surface area contributed by atoms with E-state index in [1.165, 1.54) is 12.8 Å². The van der Waals surface area contributed by atoms with Crippen LogP contribution in [0.1, 0.15) is 30.1 Å². The van der Waals surface area contributed by atoms with Crippen LogP contribution in [-0.2, 0) is 0 Å². The van der Waals surface area contributed by atoms with Gasteiger partial charge in [-0.25, -0.2) is 4.79 Å². The summed E-state index contributed by atoms with van der Waals surface area (Å²) in [5.41, 5.74) is 0.268. The Morgan fingerprint density at radius 2 is 2.10 bits per heavy atom. The highest BCUT2D eigenvalue weighted by Crippen LogP contribution is 2.16. The molecule has 112 valence electrons. The molecule has 1 fully saturated rings. The van der Waals surface area contributed by atoms with Crippen molar-refractivity contribution in [3.63, 3.8) is 0 Å². The fourth-order valence-corrected chi connectivity index (χ4v) is 2.30. The lowest BCUT2D eigenvalue weighted by molar-refractivity contribution is 0.0696. The summed E-state index contributed by atoms with van der Waals surface area (Å²) in [6, 6.07) is 6.65. The quantitative estimate of drug-likeness (QED) is 0.908. The number of carbonyl (C=O) groups is 1. The maximum absolute atomic E-state index is 10.8. The monoisotopic (exact) mass is 299 g/mol. The van der Waals surface area contributed by atoms with E-state index in [1.807, 2.05) is 0 Å². The van der Waals surface area contributed by atoms with E-state index in [0.717, 1.165) is 25.6 Å². The predicted octanol–water partition coefficient (Wildman–Crippen LogP) is 2.92. The van der Waals surface area contributed by atoms with Gasteiger partial charge in [-0.3, -0.25) is 4.90 Å².